The van der Waals surface area contributed by atoms with Gasteiger partial charge in [0, 0.05) is 39.0 Å². The molecule has 0 aliphatic heterocycles. The van der Waals surface area contributed by atoms with E-state index in [1.165, 1.54) is 5.56 Å². The van der Waals surface area contributed by atoms with Gasteiger partial charge in [0.2, 0.25) is 0 Å². The zero-order valence-electron chi connectivity index (χ0n) is 13.1. The van der Waals surface area contributed by atoms with Crippen LogP contribution in [0.15, 0.2) is 42.7 Å². The molecule has 2 aromatic rings. The van der Waals surface area contributed by atoms with Crippen molar-refractivity contribution >= 4 is 0 Å². The summed E-state index contributed by atoms with van der Waals surface area (Å²) in [5.41, 5.74) is 1.21. The molecule has 2 atom stereocenters. The molecule has 0 bridgehead atoms. The average Bonchev–Trinajstić information content (AvgIpc) is 2.92. The van der Waals surface area contributed by atoms with Crippen molar-refractivity contribution in [1.29, 1.82) is 0 Å². The first-order chi connectivity index (χ1) is 10.3. The van der Waals surface area contributed by atoms with Crippen molar-refractivity contribution in [3.05, 3.63) is 54.1 Å². The lowest BCUT2D eigenvalue weighted by Crippen LogP contribution is -2.36. The average molecular weight is 287 g/mol. The molecule has 0 aliphatic rings. The lowest BCUT2D eigenvalue weighted by Gasteiger charge is -2.27. The number of likely N-dealkylation sites (N-methyl/N-ethyl adjacent to an activating group) is 1. The zero-order chi connectivity index (χ0) is 15.1. The van der Waals surface area contributed by atoms with E-state index in [1.807, 2.05) is 25.5 Å². The molecule has 0 aliphatic carbocycles. The first kappa shape index (κ1) is 15.7. The Labute approximate surface area is 127 Å². The van der Waals surface area contributed by atoms with Gasteiger partial charge in [0.15, 0.2) is 0 Å². The van der Waals surface area contributed by atoms with Crippen molar-refractivity contribution in [2.45, 2.75) is 31.9 Å². The maximum atomic E-state index is 5.76. The van der Waals surface area contributed by atoms with Gasteiger partial charge in [0.25, 0.3) is 0 Å². The van der Waals surface area contributed by atoms with Gasteiger partial charge in [-0.05, 0) is 18.5 Å². The lowest BCUT2D eigenvalue weighted by atomic mass is 9.98. The van der Waals surface area contributed by atoms with E-state index in [1.54, 1.807) is 7.11 Å². The minimum Gasteiger partial charge on any atom is -0.375 e. The number of hydrogen-bond donors (Lipinski definition) is 1. The van der Waals surface area contributed by atoms with E-state index in [0.29, 0.717) is 0 Å². The Kier molecular flexibility index (Phi) is 5.96. The number of hydrogen-bond acceptors (Lipinski definition) is 3. The number of aromatic nitrogens is 2. The summed E-state index contributed by atoms with van der Waals surface area (Å²) < 4.78 is 7.84. The summed E-state index contributed by atoms with van der Waals surface area (Å²) >= 11 is 0. The Morgan fingerprint density at radius 3 is 2.62 bits per heavy atom. The van der Waals surface area contributed by atoms with Crippen molar-refractivity contribution < 1.29 is 4.74 Å². The minimum absolute atomic E-state index is 0.0615. The fourth-order valence-electron chi connectivity index (χ4n) is 2.72. The summed E-state index contributed by atoms with van der Waals surface area (Å²) in [5.74, 6) is 1.11. The van der Waals surface area contributed by atoms with E-state index in [-0.39, 0.29) is 12.1 Å². The normalized spacial score (nSPS) is 14.0. The van der Waals surface area contributed by atoms with Gasteiger partial charge in [-0.2, -0.15) is 0 Å². The predicted molar refractivity (Wildman–Crippen MR) is 85.2 cm³/mol. The molecule has 1 N–H and O–H groups in total. The Morgan fingerprint density at radius 2 is 2.05 bits per heavy atom. The fourth-order valence-corrected chi connectivity index (χ4v) is 2.72. The molecule has 2 rings (SSSR count). The van der Waals surface area contributed by atoms with Crippen LogP contribution in [-0.4, -0.2) is 29.2 Å². The Hall–Kier alpha value is -1.65. The third-order valence-electron chi connectivity index (χ3n) is 3.81. The molecule has 4 nitrogen and oxygen atoms in total. The molecule has 1 aromatic carbocycles. The summed E-state index contributed by atoms with van der Waals surface area (Å²) in [6.45, 7) is 3.06. The van der Waals surface area contributed by atoms with Crippen LogP contribution >= 0.6 is 0 Å². The number of methoxy groups -OCH3 is 1. The number of rotatable bonds is 8. The third-order valence-corrected chi connectivity index (χ3v) is 3.81. The van der Waals surface area contributed by atoms with Gasteiger partial charge in [-0.1, -0.05) is 37.3 Å². The summed E-state index contributed by atoms with van der Waals surface area (Å²) in [6, 6.07) is 10.7. The summed E-state index contributed by atoms with van der Waals surface area (Å²) in [7, 11) is 3.82. The summed E-state index contributed by atoms with van der Waals surface area (Å²) in [6.07, 6.45) is 5.83. The molecule has 0 saturated carbocycles. The van der Waals surface area contributed by atoms with Gasteiger partial charge < -0.3 is 14.6 Å². The Bertz CT molecular complexity index is 524. The molecule has 0 radical (unpaired) electrons. The van der Waals surface area contributed by atoms with Crippen LogP contribution in [0.2, 0.25) is 0 Å². The van der Waals surface area contributed by atoms with Gasteiger partial charge in [-0.15, -0.1) is 0 Å². The molecular weight excluding hydrogens is 262 g/mol. The van der Waals surface area contributed by atoms with Crippen LogP contribution in [0.5, 0.6) is 0 Å². The van der Waals surface area contributed by atoms with E-state index >= 15 is 0 Å². The van der Waals surface area contributed by atoms with Gasteiger partial charge in [0.1, 0.15) is 5.82 Å². The van der Waals surface area contributed by atoms with Crippen LogP contribution in [0, 0.1) is 0 Å². The molecule has 0 saturated heterocycles. The summed E-state index contributed by atoms with van der Waals surface area (Å²) in [5, 5.41) is 3.55. The topological polar surface area (TPSA) is 39.1 Å². The highest BCUT2D eigenvalue weighted by Crippen LogP contribution is 2.23. The highest BCUT2D eigenvalue weighted by atomic mass is 16.5. The number of ether oxygens (including phenoxy) is 1. The molecule has 21 heavy (non-hydrogen) atoms. The number of nitrogens with one attached hydrogen (secondary N) is 1. The summed E-state index contributed by atoms with van der Waals surface area (Å²) in [4.78, 5) is 4.40. The number of nitrogens with zero attached hydrogens (tertiary/aromatic N) is 2. The maximum Gasteiger partial charge on any atom is 0.108 e. The van der Waals surface area contributed by atoms with E-state index in [2.05, 4.69) is 46.1 Å². The van der Waals surface area contributed by atoms with Crippen LogP contribution < -0.4 is 5.32 Å². The van der Waals surface area contributed by atoms with Crippen LogP contribution in [-0.2, 0) is 18.2 Å². The Morgan fingerprint density at radius 1 is 1.29 bits per heavy atom. The second-order valence-corrected chi connectivity index (χ2v) is 5.22. The van der Waals surface area contributed by atoms with Gasteiger partial charge in [-0.3, -0.25) is 0 Å². The predicted octanol–water partition coefficient (Wildman–Crippen LogP) is 2.72. The second kappa shape index (κ2) is 7.96. The number of imidazole rings is 1. The van der Waals surface area contributed by atoms with E-state index in [9.17, 15) is 0 Å². The van der Waals surface area contributed by atoms with Crippen LogP contribution in [0.1, 0.15) is 30.8 Å². The van der Waals surface area contributed by atoms with Crippen molar-refractivity contribution in [3.8, 4) is 0 Å². The molecule has 0 amide bonds. The number of benzene rings is 1. The molecule has 2 unspecified atom stereocenters. The maximum absolute atomic E-state index is 5.76. The Balaban J connectivity index is 2.07. The van der Waals surface area contributed by atoms with Crippen molar-refractivity contribution in [1.82, 2.24) is 14.9 Å². The molecule has 0 fully saturated rings. The smallest absolute Gasteiger partial charge is 0.108 e. The van der Waals surface area contributed by atoms with Crippen molar-refractivity contribution in [2.75, 3.05) is 13.7 Å². The quantitative estimate of drug-likeness (QED) is 0.811. The van der Waals surface area contributed by atoms with Crippen LogP contribution in [0.4, 0.5) is 0 Å². The molecule has 1 heterocycles. The van der Waals surface area contributed by atoms with Crippen LogP contribution in [0.3, 0.4) is 0 Å². The monoisotopic (exact) mass is 287 g/mol. The molecule has 4 heteroatoms. The highest BCUT2D eigenvalue weighted by Gasteiger charge is 2.22. The van der Waals surface area contributed by atoms with Crippen molar-refractivity contribution in [3.63, 3.8) is 0 Å². The lowest BCUT2D eigenvalue weighted by molar-refractivity contribution is 0.0653. The fraction of sp³-hybridized carbons (Fsp3) is 0.471. The van der Waals surface area contributed by atoms with E-state index in [4.69, 9.17) is 4.74 Å². The van der Waals surface area contributed by atoms with E-state index < -0.39 is 0 Å². The standard InChI is InChI=1S/C17H25N3O/c1-4-18-15(10-11-16-19-12-13-20(16)2)17(21-3)14-8-6-5-7-9-14/h5-9,12-13,15,17-18H,4,10-11H2,1-3H3. The first-order valence-corrected chi connectivity index (χ1v) is 7.53. The van der Waals surface area contributed by atoms with Crippen molar-refractivity contribution in [2.24, 2.45) is 7.05 Å². The second-order valence-electron chi connectivity index (χ2n) is 5.22. The first-order valence-electron chi connectivity index (χ1n) is 7.53. The minimum atomic E-state index is 0.0615. The molecule has 114 valence electrons. The van der Waals surface area contributed by atoms with Gasteiger partial charge in [0.05, 0.1) is 6.10 Å². The van der Waals surface area contributed by atoms with Gasteiger partial charge in [-0.25, -0.2) is 4.98 Å². The van der Waals surface area contributed by atoms with Crippen LogP contribution in [0.25, 0.3) is 0 Å². The largest absolute Gasteiger partial charge is 0.375 e. The number of aryl methyl sites for hydroxylation is 2. The zero-order valence-corrected chi connectivity index (χ0v) is 13.1. The van der Waals surface area contributed by atoms with E-state index in [0.717, 1.165) is 25.2 Å². The van der Waals surface area contributed by atoms with Gasteiger partial charge >= 0.3 is 0 Å². The molecular formula is C17H25N3O. The molecule has 1 aromatic heterocycles. The molecule has 0 spiro atoms. The third kappa shape index (κ3) is 4.16. The SMILES string of the molecule is CCNC(CCc1nccn1C)C(OC)c1ccccc1. The highest BCUT2D eigenvalue weighted by molar-refractivity contribution is 5.19.